The van der Waals surface area contributed by atoms with E-state index in [2.05, 4.69) is 4.79 Å². The van der Waals surface area contributed by atoms with Gasteiger partial charge in [-0.2, -0.15) is 4.79 Å². The number of hydrogen-bond acceptors (Lipinski definition) is 2. The van der Waals surface area contributed by atoms with Crippen molar-refractivity contribution in [2.45, 2.75) is 0 Å². The van der Waals surface area contributed by atoms with Crippen molar-refractivity contribution >= 4 is 23.1 Å². The van der Waals surface area contributed by atoms with E-state index in [1.165, 1.54) is 0 Å². The molecule has 0 amide bonds. The van der Waals surface area contributed by atoms with Crippen molar-refractivity contribution in [1.29, 1.82) is 0 Å². The number of nitrogens with zero attached hydrogens (tertiary/aromatic N) is 2. The van der Waals surface area contributed by atoms with Crippen LogP contribution >= 0.6 is 11.8 Å². The fourth-order valence-corrected chi connectivity index (χ4v) is 0.252. The second kappa shape index (κ2) is 3.59. The van der Waals surface area contributed by atoms with Gasteiger partial charge in [0.1, 0.15) is 0 Å². The Morgan fingerprint density at radius 2 is 2.57 bits per heavy atom. The molecule has 0 rings (SSSR count). The summed E-state index contributed by atoms with van der Waals surface area (Å²) in [6, 6.07) is 0. The van der Waals surface area contributed by atoms with E-state index in [1.54, 1.807) is 6.26 Å². The Morgan fingerprint density at radius 1 is 2.00 bits per heavy atom. The van der Waals surface area contributed by atoms with Gasteiger partial charge in [-0.3, -0.25) is 4.79 Å². The monoisotopic (exact) mass is 116 g/mol. The number of carbonyl (C=O) groups is 1. The Labute approximate surface area is 45.3 Å². The summed E-state index contributed by atoms with van der Waals surface area (Å²) in [5.74, 6) is 0. The molecule has 0 aliphatic rings. The molecule has 0 saturated heterocycles. The zero-order valence-corrected chi connectivity index (χ0v) is 4.60. The van der Waals surface area contributed by atoms with E-state index in [-0.39, 0.29) is 5.12 Å². The van der Waals surface area contributed by atoms with E-state index in [0.717, 1.165) is 18.0 Å². The maximum Gasteiger partial charge on any atom is 0.334 e. The van der Waals surface area contributed by atoms with E-state index in [4.69, 9.17) is 5.53 Å². The Balaban J connectivity index is 3.58. The van der Waals surface area contributed by atoms with Gasteiger partial charge in [-0.15, -0.1) is 0 Å². The Kier molecular flexibility index (Phi) is 3.28. The highest BCUT2D eigenvalue weighted by atomic mass is 32.2. The Bertz CT molecular complexity index is 116. The number of hydrogen-bond donors (Lipinski definition) is 0. The van der Waals surface area contributed by atoms with Gasteiger partial charge < -0.3 is 5.53 Å². The van der Waals surface area contributed by atoms with Gasteiger partial charge in [0.2, 0.25) is 0 Å². The van der Waals surface area contributed by atoms with Crippen LogP contribution in [0.15, 0.2) is 0 Å². The zero-order chi connectivity index (χ0) is 5.70. The second-order valence-electron chi connectivity index (χ2n) is 0.768. The van der Waals surface area contributed by atoms with Crippen LogP contribution in [0.5, 0.6) is 0 Å². The van der Waals surface area contributed by atoms with Crippen molar-refractivity contribution < 1.29 is 9.58 Å². The number of carbonyl (C=O) groups excluding carboxylic acids is 1. The first kappa shape index (κ1) is 6.40. The smallest absolute Gasteiger partial charge is 0.334 e. The third-order valence-electron chi connectivity index (χ3n) is 0.364. The van der Waals surface area contributed by atoms with Gasteiger partial charge in [0.05, 0.1) is 0 Å². The molecular formula is C3H4N2OS. The Hall–Kier alpha value is -0.600. The van der Waals surface area contributed by atoms with Crippen LogP contribution in [0.1, 0.15) is 0 Å². The molecule has 0 aromatic carbocycles. The van der Waals surface area contributed by atoms with Crippen molar-refractivity contribution in [2.24, 2.45) is 0 Å². The molecule has 0 radical (unpaired) electrons. The van der Waals surface area contributed by atoms with E-state index >= 15 is 0 Å². The molecule has 4 heteroatoms. The fourth-order valence-electron chi connectivity index (χ4n) is 0.0998. The third-order valence-corrected chi connectivity index (χ3v) is 0.872. The predicted octanol–water partition coefficient (Wildman–Crippen LogP) is 0.177. The predicted molar refractivity (Wildman–Crippen MR) is 28.2 cm³/mol. The number of thioether (sulfide) groups is 1. The van der Waals surface area contributed by atoms with Crippen molar-refractivity contribution in [1.82, 2.24) is 0 Å². The van der Waals surface area contributed by atoms with E-state index in [1.807, 2.05) is 0 Å². The lowest BCUT2D eigenvalue weighted by molar-refractivity contribution is -0.108. The normalized spacial score (nSPS) is 7.00. The molecule has 0 spiro atoms. The van der Waals surface area contributed by atoms with Crippen LogP contribution in [0.25, 0.3) is 5.53 Å². The lowest BCUT2D eigenvalue weighted by Crippen LogP contribution is -1.89. The quantitative estimate of drug-likeness (QED) is 0.278. The van der Waals surface area contributed by atoms with Gasteiger partial charge in [-0.1, -0.05) is 11.8 Å². The number of rotatable bonds is 1. The van der Waals surface area contributed by atoms with Crippen LogP contribution in [0.2, 0.25) is 0 Å². The molecule has 0 heterocycles. The highest BCUT2D eigenvalue weighted by molar-refractivity contribution is 8.14. The largest absolute Gasteiger partial charge is 0.361 e. The maximum atomic E-state index is 10.1. The van der Waals surface area contributed by atoms with E-state index in [0.29, 0.717) is 0 Å². The summed E-state index contributed by atoms with van der Waals surface area (Å²) in [4.78, 5) is 12.6. The van der Waals surface area contributed by atoms with Crippen LogP contribution in [0, 0.1) is 0 Å². The van der Waals surface area contributed by atoms with Gasteiger partial charge in [0.25, 0.3) is 5.12 Å². The van der Waals surface area contributed by atoms with Crippen molar-refractivity contribution in [3.05, 3.63) is 5.53 Å². The lowest BCUT2D eigenvalue weighted by atomic mass is 10.9. The van der Waals surface area contributed by atoms with Crippen LogP contribution < -0.4 is 0 Å². The van der Waals surface area contributed by atoms with Gasteiger partial charge in [-0.25, -0.2) is 0 Å². The first-order valence-corrected chi connectivity index (χ1v) is 2.79. The molecule has 0 bridgehead atoms. The molecule has 0 aromatic heterocycles. The topological polar surface area (TPSA) is 53.5 Å². The highest BCUT2D eigenvalue weighted by Gasteiger charge is 1.94. The zero-order valence-electron chi connectivity index (χ0n) is 3.79. The van der Waals surface area contributed by atoms with Crippen molar-refractivity contribution in [3.8, 4) is 0 Å². The average Bonchev–Trinajstić information content (AvgIpc) is 1.68. The first-order valence-electron chi connectivity index (χ1n) is 1.56. The minimum absolute atomic E-state index is 0.248. The Morgan fingerprint density at radius 3 is 2.71 bits per heavy atom. The van der Waals surface area contributed by atoms with Gasteiger partial charge in [-0.05, 0) is 6.26 Å². The molecule has 0 atom stereocenters. The summed E-state index contributed by atoms with van der Waals surface area (Å²) >= 11 is 1.00. The van der Waals surface area contributed by atoms with Gasteiger partial charge in [0, 0.05) is 0 Å². The molecule has 0 N–H and O–H groups in total. The molecule has 3 nitrogen and oxygen atoms in total. The minimum Gasteiger partial charge on any atom is -0.361 e. The van der Waals surface area contributed by atoms with Gasteiger partial charge >= 0.3 is 6.21 Å². The molecule has 0 fully saturated rings. The highest BCUT2D eigenvalue weighted by Crippen LogP contribution is 1.87. The molecule has 7 heavy (non-hydrogen) atoms. The summed E-state index contributed by atoms with van der Waals surface area (Å²) in [5.41, 5.74) is 7.70. The standard InChI is InChI=1S/C3H4N2OS/c1-7-3(6)2-5-4/h2H,1H3. The maximum absolute atomic E-state index is 10.1. The van der Waals surface area contributed by atoms with Crippen LogP contribution in [0.3, 0.4) is 0 Å². The minimum atomic E-state index is -0.248. The van der Waals surface area contributed by atoms with Crippen LogP contribution in [-0.2, 0) is 4.79 Å². The van der Waals surface area contributed by atoms with Crippen LogP contribution in [0.4, 0.5) is 0 Å². The summed E-state index contributed by atoms with van der Waals surface area (Å²) in [7, 11) is 0. The fraction of sp³-hybridized carbons (Fsp3) is 0.333. The summed E-state index contributed by atoms with van der Waals surface area (Å²) < 4.78 is 0. The second-order valence-corrected chi connectivity index (χ2v) is 1.58. The molecule has 0 unspecified atom stereocenters. The van der Waals surface area contributed by atoms with Gasteiger partial charge in [0.15, 0.2) is 0 Å². The summed E-state index contributed by atoms with van der Waals surface area (Å²) in [5, 5.41) is -0.248. The SMILES string of the molecule is CSC(=O)C=[N+]=[N-]. The summed E-state index contributed by atoms with van der Waals surface area (Å²) in [6.07, 6.45) is 2.47. The first-order chi connectivity index (χ1) is 3.31. The van der Waals surface area contributed by atoms with Crippen LogP contribution in [-0.4, -0.2) is 22.4 Å². The summed E-state index contributed by atoms with van der Waals surface area (Å²) in [6.45, 7) is 0. The van der Waals surface area contributed by atoms with E-state index < -0.39 is 0 Å². The molecule has 0 aliphatic carbocycles. The van der Waals surface area contributed by atoms with E-state index in [9.17, 15) is 4.79 Å². The molecule has 0 saturated carbocycles. The van der Waals surface area contributed by atoms with Crippen molar-refractivity contribution in [3.63, 3.8) is 0 Å². The lowest BCUT2D eigenvalue weighted by Gasteiger charge is -1.68. The molecular weight excluding hydrogens is 112 g/mol. The molecule has 0 aromatic rings. The molecule has 38 valence electrons. The molecule has 0 aliphatic heterocycles. The third kappa shape index (κ3) is 3.22. The van der Waals surface area contributed by atoms with Crippen molar-refractivity contribution in [2.75, 3.05) is 6.26 Å². The average molecular weight is 116 g/mol.